The monoisotopic (exact) mass is 891 g/mol. The Hall–Kier alpha value is -6.22. The summed E-state index contributed by atoms with van der Waals surface area (Å²) in [6, 6.07) is 20.0. The van der Waals surface area contributed by atoms with Gasteiger partial charge in [0.1, 0.15) is 24.2 Å². The van der Waals surface area contributed by atoms with E-state index >= 15 is 0 Å². The first-order chi connectivity index (χ1) is 31.1. The van der Waals surface area contributed by atoms with Gasteiger partial charge in [0.05, 0.1) is 50.1 Å². The fraction of sp³-hybridized carbons (Fsp3) is 0.480. The number of carbonyl (C=O) groups is 4. The van der Waals surface area contributed by atoms with Crippen LogP contribution >= 0.6 is 0 Å². The number of hydrogen-bond donors (Lipinski definition) is 4. The molecule has 2 aromatic heterocycles. The van der Waals surface area contributed by atoms with E-state index < -0.39 is 18.2 Å². The average Bonchev–Trinajstić information content (AvgIpc) is 3.76. The average molecular weight is 891 g/mol. The zero-order valence-electron chi connectivity index (χ0n) is 39.5. The molecule has 4 amide bonds. The van der Waals surface area contributed by atoms with Gasteiger partial charge in [0.2, 0.25) is 11.8 Å². The normalized spacial score (nSPS) is 18.7. The number of aromatic nitrogens is 4. The van der Waals surface area contributed by atoms with Crippen molar-refractivity contribution >= 4 is 34.8 Å². The fourth-order valence-electron chi connectivity index (χ4n) is 8.59. The van der Waals surface area contributed by atoms with Crippen molar-refractivity contribution in [3.63, 3.8) is 0 Å². The number of nitrogens with zero attached hydrogens (tertiary/aromatic N) is 4. The van der Waals surface area contributed by atoms with Crippen LogP contribution in [0.1, 0.15) is 91.0 Å². The third-order valence-corrected chi connectivity index (χ3v) is 12.0. The van der Waals surface area contributed by atoms with E-state index in [2.05, 4.69) is 118 Å². The van der Waals surface area contributed by atoms with Crippen molar-refractivity contribution < 1.29 is 33.4 Å². The quantitative estimate of drug-likeness (QED) is 0.106. The summed E-state index contributed by atoms with van der Waals surface area (Å²) in [5.74, 6) is 2.20. The molecule has 8 rings (SSSR count). The van der Waals surface area contributed by atoms with Crippen LogP contribution in [0.4, 0.5) is 9.59 Å². The number of alkyl carbamates (subject to hydrolysis) is 2. The molecule has 15 heteroatoms. The zero-order chi connectivity index (χ0) is 47.0. The Morgan fingerprint density at radius 1 is 0.738 bits per heavy atom. The number of likely N-dealkylation sites (tertiary alicyclic amines) is 2. The highest BCUT2D eigenvalue weighted by molar-refractivity contribution is 5.91. The SMILES string of the molecule is CC(C)C.COC.COC(=O)NCC(=O)N1CC2(CC2)C[C@H]1c1ncc(-c2ccc3cc(-c4ccc(-c5cnc([C@@H]6C[C@H](C)CN6C(=O)[C@@H](NC(=O)OC)C(C)C)[nH]5)cc4)ccc3c2)[nH]1. The summed E-state index contributed by atoms with van der Waals surface area (Å²) < 4.78 is 13.7. The molecule has 4 heterocycles. The number of H-pyrrole nitrogens is 2. The molecule has 3 fully saturated rings. The molecule has 3 aliphatic rings. The molecular weight excluding hydrogens is 825 g/mol. The van der Waals surface area contributed by atoms with E-state index in [4.69, 9.17) is 14.7 Å². The van der Waals surface area contributed by atoms with Crippen LogP contribution in [-0.4, -0.2) is 108 Å². The van der Waals surface area contributed by atoms with Gasteiger partial charge >= 0.3 is 12.2 Å². The minimum absolute atomic E-state index is 0.112. The molecule has 4 atom stereocenters. The fourth-order valence-corrected chi connectivity index (χ4v) is 8.59. The van der Waals surface area contributed by atoms with Gasteiger partial charge < -0.3 is 44.6 Å². The molecule has 0 unspecified atom stereocenters. The maximum Gasteiger partial charge on any atom is 0.407 e. The topological polar surface area (TPSA) is 184 Å². The van der Waals surface area contributed by atoms with Crippen LogP contribution in [0.25, 0.3) is 44.4 Å². The minimum Gasteiger partial charge on any atom is -0.453 e. The lowest BCUT2D eigenvalue weighted by Gasteiger charge is -2.30. The smallest absolute Gasteiger partial charge is 0.407 e. The van der Waals surface area contributed by atoms with Crippen LogP contribution in [0.2, 0.25) is 0 Å². The van der Waals surface area contributed by atoms with Gasteiger partial charge in [0, 0.05) is 32.9 Å². The number of fused-ring (bicyclic) bond motifs is 1. The van der Waals surface area contributed by atoms with E-state index in [1.54, 1.807) is 14.2 Å². The standard InChI is InChI=1S/C44H50N8O6.C4H10.C2H6O/c1-25(2)38(50-43(56)58-5)41(54)51-23-26(3)16-35(51)39-45-20-33(48-39)28-8-6-27(7-9-28)29-10-11-31-18-32(13-12-30(31)17-29)34-21-46-40(49-34)36-19-44(14-15-44)24-52(36)37(53)22-47-42(55)57-4;1-4(2)3;1-3-2/h6-13,17-18,20-21,25-26,35-36,38H,14-16,19,22-24H2,1-5H3,(H,45,48)(H,46,49)(H,47,55)(H,50,56);4H,1-3H3;1-2H3/t26-,35-,36-,38-;;/m0../s1. The molecule has 15 nitrogen and oxygen atoms in total. The van der Waals surface area contributed by atoms with Crippen LogP contribution in [0.3, 0.4) is 0 Å². The lowest BCUT2D eigenvalue weighted by molar-refractivity contribution is -0.135. The van der Waals surface area contributed by atoms with E-state index in [1.165, 1.54) is 14.2 Å². The third kappa shape index (κ3) is 11.7. The number of methoxy groups -OCH3 is 3. The number of hydrogen-bond acceptors (Lipinski definition) is 9. The van der Waals surface area contributed by atoms with E-state index in [1.807, 2.05) is 36.0 Å². The molecule has 2 saturated heterocycles. The molecule has 1 saturated carbocycles. The highest BCUT2D eigenvalue weighted by Crippen LogP contribution is 2.58. The van der Waals surface area contributed by atoms with E-state index in [-0.39, 0.29) is 47.7 Å². The van der Waals surface area contributed by atoms with Gasteiger partial charge in [-0.3, -0.25) is 9.59 Å². The molecule has 2 aliphatic heterocycles. The van der Waals surface area contributed by atoms with Crippen molar-refractivity contribution in [3.05, 3.63) is 84.7 Å². The van der Waals surface area contributed by atoms with E-state index in [9.17, 15) is 19.2 Å². The molecule has 0 bridgehead atoms. The summed E-state index contributed by atoms with van der Waals surface area (Å²) in [4.78, 5) is 70.6. The Morgan fingerprint density at radius 2 is 1.26 bits per heavy atom. The van der Waals surface area contributed by atoms with Crippen molar-refractivity contribution in [2.75, 3.05) is 48.1 Å². The molecule has 3 aromatic carbocycles. The Balaban J connectivity index is 0.000000937. The third-order valence-electron chi connectivity index (χ3n) is 12.0. The summed E-state index contributed by atoms with van der Waals surface area (Å²) >= 11 is 0. The van der Waals surface area contributed by atoms with Gasteiger partial charge in [0.25, 0.3) is 0 Å². The van der Waals surface area contributed by atoms with Crippen molar-refractivity contribution in [1.29, 1.82) is 0 Å². The Bertz CT molecular complexity index is 2420. The lowest BCUT2D eigenvalue weighted by Crippen LogP contribution is -2.51. The Kier molecular flexibility index (Phi) is 15.7. The van der Waals surface area contributed by atoms with Crippen molar-refractivity contribution in [2.24, 2.45) is 23.2 Å². The molecule has 65 heavy (non-hydrogen) atoms. The van der Waals surface area contributed by atoms with Crippen molar-refractivity contribution in [1.82, 2.24) is 40.4 Å². The second kappa shape index (κ2) is 21.2. The summed E-state index contributed by atoms with van der Waals surface area (Å²) in [7, 11) is 5.82. The van der Waals surface area contributed by atoms with Crippen LogP contribution in [0, 0.1) is 23.2 Å². The van der Waals surface area contributed by atoms with Gasteiger partial charge in [0.15, 0.2) is 0 Å². The van der Waals surface area contributed by atoms with Gasteiger partial charge in [-0.05, 0) is 88.4 Å². The molecular formula is C50H66N8O7. The maximum atomic E-state index is 13.7. The summed E-state index contributed by atoms with van der Waals surface area (Å²) in [6.45, 7) is 13.6. The Labute approximate surface area is 382 Å². The van der Waals surface area contributed by atoms with Crippen LogP contribution in [-0.2, 0) is 23.8 Å². The lowest BCUT2D eigenvalue weighted by atomic mass is 9.98. The number of amides is 4. The van der Waals surface area contributed by atoms with Gasteiger partial charge in [-0.2, -0.15) is 0 Å². The van der Waals surface area contributed by atoms with Gasteiger partial charge in [-0.1, -0.05) is 90.1 Å². The number of benzene rings is 3. The number of imidazole rings is 2. The molecule has 1 spiro atoms. The van der Waals surface area contributed by atoms with Gasteiger partial charge in [-0.15, -0.1) is 0 Å². The number of carbonyl (C=O) groups excluding carboxylic acids is 4. The molecule has 5 aromatic rings. The predicted molar refractivity (Wildman–Crippen MR) is 252 cm³/mol. The first kappa shape index (κ1) is 48.2. The molecule has 0 radical (unpaired) electrons. The van der Waals surface area contributed by atoms with Crippen LogP contribution in [0.15, 0.2) is 73.1 Å². The van der Waals surface area contributed by atoms with Gasteiger partial charge in [-0.25, -0.2) is 19.6 Å². The molecule has 1 aliphatic carbocycles. The number of ether oxygens (including phenoxy) is 3. The number of rotatable bonds is 10. The second-order valence-corrected chi connectivity index (χ2v) is 18.7. The first-order valence-electron chi connectivity index (χ1n) is 22.5. The summed E-state index contributed by atoms with van der Waals surface area (Å²) in [5.41, 5.74) is 6.06. The zero-order valence-corrected chi connectivity index (χ0v) is 39.5. The number of aromatic amines is 2. The first-order valence-corrected chi connectivity index (χ1v) is 22.5. The van der Waals surface area contributed by atoms with E-state index in [0.29, 0.717) is 13.1 Å². The van der Waals surface area contributed by atoms with Crippen LogP contribution < -0.4 is 10.6 Å². The molecule has 348 valence electrons. The van der Waals surface area contributed by atoms with Crippen molar-refractivity contribution in [3.8, 4) is 33.6 Å². The minimum atomic E-state index is -0.697. The second-order valence-electron chi connectivity index (χ2n) is 18.7. The Morgan fingerprint density at radius 3 is 1.83 bits per heavy atom. The van der Waals surface area contributed by atoms with Crippen molar-refractivity contribution in [2.45, 2.75) is 85.4 Å². The molecule has 4 N–H and O–H groups in total. The summed E-state index contributed by atoms with van der Waals surface area (Å²) in [6.07, 6.45) is 6.21. The van der Waals surface area contributed by atoms with E-state index in [0.717, 1.165) is 87.7 Å². The number of nitrogens with one attached hydrogen (secondary N) is 4. The summed E-state index contributed by atoms with van der Waals surface area (Å²) in [5, 5.41) is 7.43. The van der Waals surface area contributed by atoms with Crippen LogP contribution in [0.5, 0.6) is 0 Å². The highest BCUT2D eigenvalue weighted by atomic mass is 16.5. The largest absolute Gasteiger partial charge is 0.453 e. The highest BCUT2D eigenvalue weighted by Gasteiger charge is 2.54. The maximum absolute atomic E-state index is 13.7. The predicted octanol–water partition coefficient (Wildman–Crippen LogP) is 8.91.